The van der Waals surface area contributed by atoms with Crippen molar-refractivity contribution in [1.82, 2.24) is 9.97 Å². The van der Waals surface area contributed by atoms with Crippen LogP contribution in [0.2, 0.25) is 5.02 Å². The first-order valence-electron chi connectivity index (χ1n) is 11.3. The number of halogens is 2. The molecule has 0 radical (unpaired) electrons. The molecule has 0 saturated carbocycles. The van der Waals surface area contributed by atoms with Crippen molar-refractivity contribution in [3.63, 3.8) is 0 Å². The molecular formula is C26H26ClFN4O2. The van der Waals surface area contributed by atoms with Crippen molar-refractivity contribution in [2.75, 3.05) is 29.9 Å². The van der Waals surface area contributed by atoms with Gasteiger partial charge in [-0.3, -0.25) is 0 Å². The summed E-state index contributed by atoms with van der Waals surface area (Å²) in [5, 5.41) is 3.16. The van der Waals surface area contributed by atoms with Gasteiger partial charge in [0.25, 0.3) is 0 Å². The Morgan fingerprint density at radius 3 is 2.79 bits per heavy atom. The summed E-state index contributed by atoms with van der Waals surface area (Å²) < 4.78 is 18.5. The molecule has 1 fully saturated rings. The van der Waals surface area contributed by atoms with Crippen LogP contribution < -0.4 is 10.2 Å². The lowest BCUT2D eigenvalue weighted by Gasteiger charge is -2.29. The lowest BCUT2D eigenvalue weighted by molar-refractivity contribution is -0.137. The number of benzene rings is 2. The van der Waals surface area contributed by atoms with E-state index >= 15 is 0 Å². The molecule has 8 heteroatoms. The standard InChI is InChI=1S/C26H26ClFN4O2/c1-2-34-24(33)12-9-18-7-6-8-19(15-18)21-17-29-26(30-20-10-11-23(28)22(27)16-20)31-25(21)32-13-4-3-5-14-32/h6-12,15-17H,2-5,13-14H2,1H3,(H,29,30,31)/b12-9+. The van der Waals surface area contributed by atoms with Crippen molar-refractivity contribution >= 4 is 41.1 Å². The summed E-state index contributed by atoms with van der Waals surface area (Å²) in [5.41, 5.74) is 3.33. The molecule has 1 aromatic heterocycles. The number of hydrogen-bond acceptors (Lipinski definition) is 6. The number of ether oxygens (including phenoxy) is 1. The normalized spacial score (nSPS) is 13.8. The molecule has 0 aliphatic carbocycles. The van der Waals surface area contributed by atoms with Crippen molar-refractivity contribution < 1.29 is 13.9 Å². The number of hydrogen-bond donors (Lipinski definition) is 1. The average molecular weight is 481 g/mol. The topological polar surface area (TPSA) is 67.3 Å². The Balaban J connectivity index is 1.67. The van der Waals surface area contributed by atoms with Crippen LogP contribution in [0.4, 0.5) is 21.8 Å². The third-order valence-electron chi connectivity index (χ3n) is 5.50. The van der Waals surface area contributed by atoms with Crippen molar-refractivity contribution in [1.29, 1.82) is 0 Å². The third-order valence-corrected chi connectivity index (χ3v) is 5.79. The van der Waals surface area contributed by atoms with Gasteiger partial charge in [0, 0.05) is 36.6 Å². The van der Waals surface area contributed by atoms with E-state index in [1.54, 1.807) is 25.3 Å². The molecule has 1 aliphatic heterocycles. The van der Waals surface area contributed by atoms with Gasteiger partial charge in [-0.15, -0.1) is 0 Å². The van der Waals surface area contributed by atoms with Crippen LogP contribution in [-0.4, -0.2) is 35.6 Å². The van der Waals surface area contributed by atoms with Crippen LogP contribution in [0.15, 0.2) is 54.7 Å². The summed E-state index contributed by atoms with van der Waals surface area (Å²) in [5.74, 6) is 0.387. The smallest absolute Gasteiger partial charge is 0.330 e. The van der Waals surface area contributed by atoms with Crippen LogP contribution >= 0.6 is 11.6 Å². The first kappa shape index (κ1) is 23.7. The van der Waals surface area contributed by atoms with E-state index in [1.807, 2.05) is 24.3 Å². The van der Waals surface area contributed by atoms with Gasteiger partial charge < -0.3 is 15.0 Å². The van der Waals surface area contributed by atoms with Gasteiger partial charge in [-0.1, -0.05) is 29.8 Å². The van der Waals surface area contributed by atoms with Gasteiger partial charge in [0.05, 0.1) is 11.6 Å². The zero-order valence-corrected chi connectivity index (χ0v) is 19.7. The molecule has 34 heavy (non-hydrogen) atoms. The predicted molar refractivity (Wildman–Crippen MR) is 134 cm³/mol. The van der Waals surface area contributed by atoms with E-state index in [9.17, 15) is 9.18 Å². The zero-order valence-electron chi connectivity index (χ0n) is 18.9. The molecule has 0 bridgehead atoms. The van der Waals surface area contributed by atoms with Gasteiger partial charge in [-0.25, -0.2) is 14.2 Å². The number of nitrogens with one attached hydrogen (secondary N) is 1. The monoisotopic (exact) mass is 480 g/mol. The van der Waals surface area contributed by atoms with E-state index in [1.165, 1.54) is 24.6 Å². The van der Waals surface area contributed by atoms with Crippen molar-refractivity contribution in [2.24, 2.45) is 0 Å². The van der Waals surface area contributed by atoms with E-state index < -0.39 is 5.82 Å². The molecule has 0 unspecified atom stereocenters. The highest BCUT2D eigenvalue weighted by atomic mass is 35.5. The lowest BCUT2D eigenvalue weighted by atomic mass is 10.0. The van der Waals surface area contributed by atoms with E-state index in [4.69, 9.17) is 21.3 Å². The highest BCUT2D eigenvalue weighted by Gasteiger charge is 2.19. The van der Waals surface area contributed by atoms with Crippen molar-refractivity contribution in [2.45, 2.75) is 26.2 Å². The Kier molecular flexibility index (Phi) is 7.75. The number of carbonyl (C=O) groups excluding carboxylic acids is 1. The number of carbonyl (C=O) groups is 1. The summed E-state index contributed by atoms with van der Waals surface area (Å²) in [6.45, 7) is 3.94. The van der Waals surface area contributed by atoms with Gasteiger partial charge in [-0.2, -0.15) is 4.98 Å². The highest BCUT2D eigenvalue weighted by molar-refractivity contribution is 6.31. The highest BCUT2D eigenvalue weighted by Crippen LogP contribution is 2.33. The lowest BCUT2D eigenvalue weighted by Crippen LogP contribution is -2.31. The van der Waals surface area contributed by atoms with Crippen LogP contribution in [0.5, 0.6) is 0 Å². The molecule has 0 spiro atoms. The molecule has 4 rings (SSSR count). The van der Waals surface area contributed by atoms with Crippen molar-refractivity contribution in [3.8, 4) is 11.1 Å². The molecule has 2 heterocycles. The molecule has 2 aromatic carbocycles. The Morgan fingerprint density at radius 1 is 1.21 bits per heavy atom. The minimum Gasteiger partial charge on any atom is -0.463 e. The molecule has 176 valence electrons. The van der Waals surface area contributed by atoms with E-state index in [0.717, 1.165) is 48.4 Å². The maximum absolute atomic E-state index is 13.5. The first-order valence-corrected chi connectivity index (χ1v) is 11.7. The molecule has 1 N–H and O–H groups in total. The Hall–Kier alpha value is -3.45. The summed E-state index contributed by atoms with van der Waals surface area (Å²) in [7, 11) is 0. The second-order valence-corrected chi connectivity index (χ2v) is 8.35. The van der Waals surface area contributed by atoms with E-state index in [2.05, 4.69) is 15.2 Å². The maximum Gasteiger partial charge on any atom is 0.330 e. The fourth-order valence-corrected chi connectivity index (χ4v) is 4.03. The maximum atomic E-state index is 13.5. The number of piperidine rings is 1. The number of aromatic nitrogens is 2. The Labute approximate surface area is 203 Å². The number of anilines is 3. The summed E-state index contributed by atoms with van der Waals surface area (Å²) in [4.78, 5) is 23.3. The van der Waals surface area contributed by atoms with Gasteiger partial charge in [0.15, 0.2) is 0 Å². The van der Waals surface area contributed by atoms with Gasteiger partial charge in [0.2, 0.25) is 5.95 Å². The number of nitrogens with zero attached hydrogens (tertiary/aromatic N) is 3. The number of rotatable bonds is 7. The van der Waals surface area contributed by atoms with Gasteiger partial charge in [0.1, 0.15) is 11.6 Å². The Bertz CT molecular complexity index is 1200. The fraction of sp³-hybridized carbons (Fsp3) is 0.269. The Morgan fingerprint density at radius 2 is 2.03 bits per heavy atom. The summed E-state index contributed by atoms with van der Waals surface area (Å²) in [6, 6.07) is 12.3. The van der Waals surface area contributed by atoms with Crippen LogP contribution in [0.1, 0.15) is 31.7 Å². The molecule has 1 aliphatic rings. The van der Waals surface area contributed by atoms with E-state index in [-0.39, 0.29) is 11.0 Å². The molecule has 1 saturated heterocycles. The summed E-state index contributed by atoms with van der Waals surface area (Å²) in [6.07, 6.45) is 8.34. The largest absolute Gasteiger partial charge is 0.463 e. The fourth-order valence-electron chi connectivity index (χ4n) is 3.85. The van der Waals surface area contributed by atoms with Crippen LogP contribution in [-0.2, 0) is 9.53 Å². The van der Waals surface area contributed by atoms with Crippen LogP contribution in [0, 0.1) is 5.82 Å². The van der Waals surface area contributed by atoms with E-state index in [0.29, 0.717) is 18.2 Å². The summed E-state index contributed by atoms with van der Waals surface area (Å²) >= 11 is 5.92. The SMILES string of the molecule is CCOC(=O)/C=C/c1cccc(-c2cnc(Nc3ccc(F)c(Cl)c3)nc2N2CCCCC2)c1. The second kappa shape index (κ2) is 11.1. The predicted octanol–water partition coefficient (Wildman–Crippen LogP) is 6.25. The zero-order chi connectivity index (χ0) is 23.9. The van der Waals surface area contributed by atoms with Crippen LogP contribution in [0.25, 0.3) is 17.2 Å². The average Bonchev–Trinajstić information content (AvgIpc) is 2.86. The molecule has 0 atom stereocenters. The second-order valence-electron chi connectivity index (χ2n) is 7.94. The quantitative estimate of drug-likeness (QED) is 0.318. The minimum atomic E-state index is -0.477. The van der Waals surface area contributed by atoms with Gasteiger partial charge in [-0.05, 0) is 67.7 Å². The molecule has 6 nitrogen and oxygen atoms in total. The van der Waals surface area contributed by atoms with Gasteiger partial charge >= 0.3 is 5.97 Å². The first-order chi connectivity index (χ1) is 16.5. The molecule has 0 amide bonds. The third kappa shape index (κ3) is 5.91. The number of esters is 1. The molecular weight excluding hydrogens is 455 g/mol. The van der Waals surface area contributed by atoms with Crippen molar-refractivity contribution in [3.05, 3.63) is 71.1 Å². The molecule has 3 aromatic rings. The minimum absolute atomic E-state index is 0.0329. The van der Waals surface area contributed by atoms with Crippen LogP contribution in [0.3, 0.4) is 0 Å².